The fourth-order valence-corrected chi connectivity index (χ4v) is 3.85. The third-order valence-electron chi connectivity index (χ3n) is 5.47. The van der Waals surface area contributed by atoms with Crippen molar-refractivity contribution in [2.75, 3.05) is 6.61 Å². The smallest absolute Gasteiger partial charge is 0.248 e. The number of carbonyl (C=O) groups is 2. The molecule has 0 radical (unpaired) electrons. The first-order valence-electron chi connectivity index (χ1n) is 10.3. The minimum atomic E-state index is -0.447. The lowest BCUT2D eigenvalue weighted by Crippen LogP contribution is -2.15. The molecule has 0 saturated carbocycles. The minimum absolute atomic E-state index is 0.0753. The van der Waals surface area contributed by atoms with Crippen LogP contribution in [-0.4, -0.2) is 23.3 Å². The van der Waals surface area contributed by atoms with E-state index in [1.807, 2.05) is 42.5 Å². The van der Waals surface area contributed by atoms with Gasteiger partial charge in [0.1, 0.15) is 11.5 Å². The van der Waals surface area contributed by atoms with E-state index >= 15 is 0 Å². The Balaban J connectivity index is 1.48. The molecule has 3 aromatic carbocycles. The van der Waals surface area contributed by atoms with Crippen LogP contribution in [0.5, 0.6) is 17.4 Å². The number of benzene rings is 3. The lowest BCUT2D eigenvalue weighted by atomic mass is 10.00. The zero-order valence-corrected chi connectivity index (χ0v) is 17.2. The molecule has 0 aliphatic carbocycles. The molecular weight excluding hydrogens is 404 g/mol. The van der Waals surface area contributed by atoms with Gasteiger partial charge in [-0.25, -0.2) is 4.98 Å². The van der Waals surface area contributed by atoms with Crippen LogP contribution in [0, 0.1) is 0 Å². The predicted octanol–water partition coefficient (Wildman–Crippen LogP) is 4.68. The Bertz CT molecular complexity index is 1350. The van der Waals surface area contributed by atoms with Crippen LogP contribution in [0.2, 0.25) is 0 Å². The van der Waals surface area contributed by atoms with E-state index in [9.17, 15) is 9.59 Å². The molecule has 0 spiro atoms. The van der Waals surface area contributed by atoms with E-state index in [0.29, 0.717) is 48.0 Å². The molecule has 6 heteroatoms. The quantitative estimate of drug-likeness (QED) is 0.502. The number of pyridine rings is 1. The number of ether oxygens (including phenoxy) is 2. The molecule has 0 fully saturated rings. The lowest BCUT2D eigenvalue weighted by Gasteiger charge is -2.17. The highest BCUT2D eigenvalue weighted by molar-refractivity contribution is 5.99. The van der Waals surface area contributed by atoms with E-state index in [-0.39, 0.29) is 5.78 Å². The summed E-state index contributed by atoms with van der Waals surface area (Å²) in [5.41, 5.74) is 9.30. The molecule has 1 aliphatic heterocycles. The van der Waals surface area contributed by atoms with Gasteiger partial charge < -0.3 is 15.2 Å². The third kappa shape index (κ3) is 3.90. The second-order valence-corrected chi connectivity index (χ2v) is 7.66. The number of primary amides is 1. The monoisotopic (exact) mass is 424 g/mol. The second-order valence-electron chi connectivity index (χ2n) is 7.66. The molecule has 4 aromatic rings. The number of ketones is 1. The van der Waals surface area contributed by atoms with Crippen molar-refractivity contribution in [3.63, 3.8) is 0 Å². The Morgan fingerprint density at radius 3 is 2.66 bits per heavy atom. The van der Waals surface area contributed by atoms with Crippen molar-refractivity contribution in [2.24, 2.45) is 5.73 Å². The summed E-state index contributed by atoms with van der Waals surface area (Å²) in [4.78, 5) is 28.0. The molecule has 0 atom stereocenters. The molecular formula is C26H20N2O4. The van der Waals surface area contributed by atoms with Crippen LogP contribution < -0.4 is 15.2 Å². The van der Waals surface area contributed by atoms with E-state index in [4.69, 9.17) is 15.2 Å². The number of nitrogens with zero attached hydrogens (tertiary/aromatic N) is 1. The van der Waals surface area contributed by atoms with Crippen LogP contribution >= 0.6 is 0 Å². The van der Waals surface area contributed by atoms with E-state index in [2.05, 4.69) is 4.98 Å². The van der Waals surface area contributed by atoms with E-state index in [0.717, 1.165) is 22.0 Å². The molecule has 158 valence electrons. The number of aromatic nitrogens is 1. The van der Waals surface area contributed by atoms with Gasteiger partial charge in [0.25, 0.3) is 0 Å². The highest BCUT2D eigenvalue weighted by Crippen LogP contribution is 2.32. The SMILES string of the molecule is NC(=O)c1ccc(Cc2cc(Oc3ccc4c(c3)OCCC4=O)nc3ccccc23)cc1. The summed E-state index contributed by atoms with van der Waals surface area (Å²) in [7, 11) is 0. The fourth-order valence-electron chi connectivity index (χ4n) is 3.85. The van der Waals surface area contributed by atoms with Gasteiger partial charge in [-0.15, -0.1) is 0 Å². The molecule has 32 heavy (non-hydrogen) atoms. The summed E-state index contributed by atoms with van der Waals surface area (Å²) in [6.45, 7) is 0.377. The third-order valence-corrected chi connectivity index (χ3v) is 5.47. The van der Waals surface area contributed by atoms with Gasteiger partial charge in [0.05, 0.1) is 17.7 Å². The average Bonchev–Trinajstić information content (AvgIpc) is 2.79. The number of nitrogens with two attached hydrogens (primary N) is 1. The van der Waals surface area contributed by atoms with Crippen LogP contribution in [0.4, 0.5) is 0 Å². The number of carbonyl (C=O) groups excluding carboxylic acids is 2. The summed E-state index contributed by atoms with van der Waals surface area (Å²) < 4.78 is 11.7. The first kappa shape index (κ1) is 19.8. The van der Waals surface area contributed by atoms with Crippen LogP contribution in [0.25, 0.3) is 10.9 Å². The van der Waals surface area contributed by atoms with Crippen molar-refractivity contribution in [3.8, 4) is 17.4 Å². The minimum Gasteiger partial charge on any atom is -0.492 e. The van der Waals surface area contributed by atoms with Crippen LogP contribution in [0.15, 0.2) is 72.8 Å². The Kier molecular flexibility index (Phi) is 5.03. The number of hydrogen-bond acceptors (Lipinski definition) is 5. The van der Waals surface area contributed by atoms with Gasteiger partial charge in [-0.3, -0.25) is 9.59 Å². The number of hydrogen-bond donors (Lipinski definition) is 1. The maximum atomic E-state index is 12.0. The van der Waals surface area contributed by atoms with Gasteiger partial charge in [-0.05, 0) is 47.9 Å². The Labute approximate surface area is 184 Å². The summed E-state index contributed by atoms with van der Waals surface area (Å²) in [6.07, 6.45) is 1.03. The highest BCUT2D eigenvalue weighted by atomic mass is 16.5. The molecule has 5 rings (SSSR count). The maximum absolute atomic E-state index is 12.0. The van der Waals surface area contributed by atoms with Crippen molar-refractivity contribution in [1.82, 2.24) is 4.98 Å². The van der Waals surface area contributed by atoms with Crippen molar-refractivity contribution < 1.29 is 19.1 Å². The molecule has 2 heterocycles. The predicted molar refractivity (Wildman–Crippen MR) is 120 cm³/mol. The van der Waals surface area contributed by atoms with Crippen molar-refractivity contribution in [1.29, 1.82) is 0 Å². The van der Waals surface area contributed by atoms with E-state index < -0.39 is 5.91 Å². The summed E-state index contributed by atoms with van der Waals surface area (Å²) >= 11 is 0. The number of fused-ring (bicyclic) bond motifs is 2. The standard InChI is InChI=1S/C26H20N2O4/c27-26(30)17-7-5-16(6-8-17)13-18-14-25(28-22-4-2-1-3-20(18)22)32-19-9-10-21-23(29)11-12-31-24(21)15-19/h1-10,14-15H,11-13H2,(H2,27,30). The van der Waals surface area contributed by atoms with E-state index in [1.54, 1.807) is 30.3 Å². The average molecular weight is 424 g/mol. The number of amides is 1. The number of rotatable bonds is 5. The molecule has 6 nitrogen and oxygen atoms in total. The number of para-hydroxylation sites is 1. The molecule has 2 N–H and O–H groups in total. The van der Waals surface area contributed by atoms with Gasteiger partial charge in [-0.1, -0.05) is 30.3 Å². The summed E-state index contributed by atoms with van der Waals surface area (Å²) in [6, 6.07) is 22.3. The Morgan fingerprint density at radius 1 is 1.03 bits per heavy atom. The zero-order chi connectivity index (χ0) is 22.1. The topological polar surface area (TPSA) is 91.5 Å². The lowest BCUT2D eigenvalue weighted by molar-refractivity contribution is 0.0932. The molecule has 1 aromatic heterocycles. The second kappa shape index (κ2) is 8.15. The Morgan fingerprint density at radius 2 is 1.84 bits per heavy atom. The van der Waals surface area contributed by atoms with Gasteiger partial charge in [0, 0.05) is 29.5 Å². The first-order valence-corrected chi connectivity index (χ1v) is 10.3. The molecule has 0 unspecified atom stereocenters. The first-order chi connectivity index (χ1) is 15.6. The van der Waals surface area contributed by atoms with Crippen LogP contribution in [-0.2, 0) is 6.42 Å². The highest BCUT2D eigenvalue weighted by Gasteiger charge is 2.19. The maximum Gasteiger partial charge on any atom is 0.248 e. The van der Waals surface area contributed by atoms with Crippen LogP contribution in [0.1, 0.15) is 38.3 Å². The van der Waals surface area contributed by atoms with Crippen LogP contribution in [0.3, 0.4) is 0 Å². The largest absolute Gasteiger partial charge is 0.492 e. The summed E-state index contributed by atoms with van der Waals surface area (Å²) in [5.74, 6) is 1.17. The molecule has 1 amide bonds. The molecule has 1 aliphatic rings. The Hall–Kier alpha value is -4.19. The van der Waals surface area contributed by atoms with Gasteiger partial charge >= 0.3 is 0 Å². The molecule has 0 bridgehead atoms. The molecule has 0 saturated heterocycles. The van der Waals surface area contributed by atoms with Gasteiger partial charge in [-0.2, -0.15) is 0 Å². The van der Waals surface area contributed by atoms with Gasteiger partial charge in [0.15, 0.2) is 5.78 Å². The summed E-state index contributed by atoms with van der Waals surface area (Å²) in [5, 5.41) is 1.03. The van der Waals surface area contributed by atoms with E-state index in [1.165, 1.54) is 0 Å². The normalized spacial score (nSPS) is 12.8. The van der Waals surface area contributed by atoms with Crippen molar-refractivity contribution in [3.05, 3.63) is 95.1 Å². The van der Waals surface area contributed by atoms with Crippen molar-refractivity contribution >= 4 is 22.6 Å². The number of Topliss-reactive ketones (excluding diaryl/α,β-unsaturated/α-hetero) is 1. The fraction of sp³-hybridized carbons (Fsp3) is 0.115. The van der Waals surface area contributed by atoms with Crippen molar-refractivity contribution in [2.45, 2.75) is 12.8 Å². The van der Waals surface area contributed by atoms with Gasteiger partial charge in [0.2, 0.25) is 11.8 Å². The zero-order valence-electron chi connectivity index (χ0n) is 17.2.